The summed E-state index contributed by atoms with van der Waals surface area (Å²) in [5, 5.41) is 2.43. The van der Waals surface area contributed by atoms with Gasteiger partial charge in [-0.3, -0.25) is 4.79 Å². The number of nitrogens with two attached hydrogens (primary N) is 1. The maximum atomic E-state index is 14.2. The minimum Gasteiger partial charge on any atom is -0.456 e. The van der Waals surface area contributed by atoms with Crippen LogP contribution in [0.15, 0.2) is 48.5 Å². The number of rotatable bonds is 4. The van der Waals surface area contributed by atoms with Gasteiger partial charge < -0.3 is 15.8 Å². The molecule has 0 radical (unpaired) electrons. The van der Waals surface area contributed by atoms with Crippen LogP contribution >= 0.6 is 0 Å². The lowest BCUT2D eigenvalue weighted by atomic mass is 10.1. The van der Waals surface area contributed by atoms with Gasteiger partial charge in [-0.05, 0) is 44.5 Å². The molecule has 6 heteroatoms. The van der Waals surface area contributed by atoms with Crippen LogP contribution in [-0.2, 0) is 9.53 Å². The van der Waals surface area contributed by atoms with Crippen LogP contribution in [0, 0.1) is 5.82 Å². The number of ether oxygens (including phenoxy) is 1. The maximum Gasteiger partial charge on any atom is 0.338 e. The predicted octanol–water partition coefficient (Wildman–Crippen LogP) is 3.42. The van der Waals surface area contributed by atoms with Crippen molar-refractivity contribution in [2.45, 2.75) is 32.4 Å². The monoisotopic (exact) mass is 344 g/mol. The first-order valence-corrected chi connectivity index (χ1v) is 7.81. The summed E-state index contributed by atoms with van der Waals surface area (Å²) in [7, 11) is 0. The highest BCUT2D eigenvalue weighted by Gasteiger charge is 2.20. The number of esters is 1. The zero-order valence-electron chi connectivity index (χ0n) is 14.4. The Bertz CT molecular complexity index is 770. The molecule has 2 aromatic carbocycles. The number of hydrogen-bond acceptors (Lipinski definition) is 4. The lowest BCUT2D eigenvalue weighted by molar-refractivity contribution is -0.117. The van der Waals surface area contributed by atoms with Crippen LogP contribution in [-0.4, -0.2) is 17.5 Å². The topological polar surface area (TPSA) is 81.4 Å². The van der Waals surface area contributed by atoms with Crippen molar-refractivity contribution in [2.24, 2.45) is 5.73 Å². The molecule has 0 unspecified atom stereocenters. The van der Waals surface area contributed by atoms with Gasteiger partial charge in [-0.25, -0.2) is 9.18 Å². The van der Waals surface area contributed by atoms with Crippen LogP contribution in [0.4, 0.5) is 10.1 Å². The standard InChI is InChI=1S/C19H21FN2O3/c1-19(2,3)25-18(24)13-9-10-15(14(20)11-13)22-17(23)16(21)12-7-5-4-6-8-12/h4-11,16H,21H2,1-3H3,(H,22,23)/t16-/m0/s1. The normalized spacial score (nSPS) is 12.4. The van der Waals surface area contributed by atoms with Crippen molar-refractivity contribution in [1.29, 1.82) is 0 Å². The van der Waals surface area contributed by atoms with Gasteiger partial charge in [-0.1, -0.05) is 30.3 Å². The molecular weight excluding hydrogens is 323 g/mol. The molecule has 0 aliphatic heterocycles. The molecule has 132 valence electrons. The van der Waals surface area contributed by atoms with Crippen LogP contribution in [0.25, 0.3) is 0 Å². The second-order valence-corrected chi connectivity index (χ2v) is 6.57. The van der Waals surface area contributed by atoms with Crippen LogP contribution in [0.2, 0.25) is 0 Å². The molecule has 0 bridgehead atoms. The fraction of sp³-hybridized carbons (Fsp3) is 0.263. The first-order chi connectivity index (χ1) is 11.7. The van der Waals surface area contributed by atoms with Gasteiger partial charge in [0.2, 0.25) is 5.91 Å². The quantitative estimate of drug-likeness (QED) is 0.833. The van der Waals surface area contributed by atoms with E-state index in [9.17, 15) is 14.0 Å². The van der Waals surface area contributed by atoms with E-state index in [1.165, 1.54) is 12.1 Å². The molecule has 3 N–H and O–H groups in total. The maximum absolute atomic E-state index is 14.2. The molecule has 0 aliphatic carbocycles. The van der Waals surface area contributed by atoms with Crippen molar-refractivity contribution in [2.75, 3.05) is 5.32 Å². The highest BCUT2D eigenvalue weighted by atomic mass is 19.1. The summed E-state index contributed by atoms with van der Waals surface area (Å²) in [4.78, 5) is 24.1. The minimum absolute atomic E-state index is 0.0521. The first kappa shape index (κ1) is 18.6. The largest absolute Gasteiger partial charge is 0.456 e. The highest BCUT2D eigenvalue weighted by Crippen LogP contribution is 2.20. The van der Waals surface area contributed by atoms with E-state index in [0.29, 0.717) is 5.56 Å². The molecule has 0 aliphatic rings. The summed E-state index contributed by atoms with van der Waals surface area (Å²) >= 11 is 0. The molecule has 2 rings (SSSR count). The fourth-order valence-electron chi connectivity index (χ4n) is 2.10. The third kappa shape index (κ3) is 5.12. The van der Waals surface area contributed by atoms with Gasteiger partial charge in [0.05, 0.1) is 11.3 Å². The molecule has 1 atom stereocenters. The van der Waals surface area contributed by atoms with E-state index in [1.54, 1.807) is 45.0 Å². The molecule has 0 spiro atoms. The Morgan fingerprint density at radius 2 is 1.76 bits per heavy atom. The summed E-state index contributed by atoms with van der Waals surface area (Å²) in [5.74, 6) is -1.92. The van der Waals surface area contributed by atoms with Crippen LogP contribution in [0.5, 0.6) is 0 Å². The third-order valence-electron chi connectivity index (χ3n) is 3.30. The van der Waals surface area contributed by atoms with Gasteiger partial charge in [0.1, 0.15) is 17.5 Å². The predicted molar refractivity (Wildman–Crippen MR) is 93.6 cm³/mol. The van der Waals surface area contributed by atoms with Crippen LogP contribution < -0.4 is 11.1 Å². The van der Waals surface area contributed by atoms with Crippen molar-refractivity contribution in [3.05, 3.63) is 65.5 Å². The Balaban J connectivity index is 2.11. The zero-order chi connectivity index (χ0) is 18.6. The number of hydrogen-bond donors (Lipinski definition) is 2. The van der Waals surface area contributed by atoms with Gasteiger partial charge in [-0.15, -0.1) is 0 Å². The average Bonchev–Trinajstić information content (AvgIpc) is 2.55. The van der Waals surface area contributed by atoms with Crippen LogP contribution in [0.3, 0.4) is 0 Å². The second-order valence-electron chi connectivity index (χ2n) is 6.57. The van der Waals surface area contributed by atoms with E-state index in [-0.39, 0.29) is 11.3 Å². The molecular formula is C19H21FN2O3. The summed E-state index contributed by atoms with van der Waals surface area (Å²) in [6, 6.07) is 11.6. The number of benzene rings is 2. The Kier molecular flexibility index (Phi) is 5.54. The fourth-order valence-corrected chi connectivity index (χ4v) is 2.10. The Morgan fingerprint density at radius 3 is 2.32 bits per heavy atom. The summed E-state index contributed by atoms with van der Waals surface area (Å²) in [6.45, 7) is 5.17. The summed E-state index contributed by atoms with van der Waals surface area (Å²) in [6.07, 6.45) is 0. The number of anilines is 1. The number of carbonyl (C=O) groups excluding carboxylic acids is 2. The summed E-state index contributed by atoms with van der Waals surface area (Å²) in [5.41, 5.74) is 5.83. The van der Waals surface area contributed by atoms with Gasteiger partial charge in [-0.2, -0.15) is 0 Å². The summed E-state index contributed by atoms with van der Waals surface area (Å²) < 4.78 is 19.4. The molecule has 0 fully saturated rings. The minimum atomic E-state index is -0.925. The number of amides is 1. The van der Waals surface area contributed by atoms with Crippen molar-refractivity contribution < 1.29 is 18.7 Å². The Morgan fingerprint density at radius 1 is 1.12 bits per heavy atom. The smallest absolute Gasteiger partial charge is 0.338 e. The van der Waals surface area contributed by atoms with E-state index in [1.807, 2.05) is 6.07 Å². The van der Waals surface area contributed by atoms with Gasteiger partial charge in [0.15, 0.2) is 0 Å². The van der Waals surface area contributed by atoms with Crippen LogP contribution in [0.1, 0.15) is 42.7 Å². The van der Waals surface area contributed by atoms with E-state index >= 15 is 0 Å². The lowest BCUT2D eigenvalue weighted by Gasteiger charge is -2.19. The van der Waals surface area contributed by atoms with E-state index in [2.05, 4.69) is 5.32 Å². The van der Waals surface area contributed by atoms with Gasteiger partial charge in [0, 0.05) is 0 Å². The average molecular weight is 344 g/mol. The van der Waals surface area contributed by atoms with Crippen molar-refractivity contribution in [3.63, 3.8) is 0 Å². The zero-order valence-corrected chi connectivity index (χ0v) is 14.4. The molecule has 0 saturated heterocycles. The molecule has 0 heterocycles. The molecule has 0 saturated carbocycles. The number of carbonyl (C=O) groups is 2. The third-order valence-corrected chi connectivity index (χ3v) is 3.30. The van der Waals surface area contributed by atoms with Crippen molar-refractivity contribution in [3.8, 4) is 0 Å². The van der Waals surface area contributed by atoms with E-state index in [0.717, 1.165) is 6.07 Å². The Labute approximate surface area is 146 Å². The van der Waals surface area contributed by atoms with E-state index < -0.39 is 29.3 Å². The van der Waals surface area contributed by atoms with Crippen molar-refractivity contribution in [1.82, 2.24) is 0 Å². The van der Waals surface area contributed by atoms with Gasteiger partial charge in [0.25, 0.3) is 0 Å². The number of halogens is 1. The van der Waals surface area contributed by atoms with Gasteiger partial charge >= 0.3 is 5.97 Å². The lowest BCUT2D eigenvalue weighted by Crippen LogP contribution is -2.28. The Hall–Kier alpha value is -2.73. The number of nitrogens with one attached hydrogen (secondary N) is 1. The first-order valence-electron chi connectivity index (χ1n) is 7.81. The SMILES string of the molecule is CC(C)(C)OC(=O)c1ccc(NC(=O)[C@@H](N)c2ccccc2)c(F)c1. The molecule has 5 nitrogen and oxygen atoms in total. The molecule has 0 aromatic heterocycles. The van der Waals surface area contributed by atoms with E-state index in [4.69, 9.17) is 10.5 Å². The molecule has 25 heavy (non-hydrogen) atoms. The molecule has 1 amide bonds. The van der Waals surface area contributed by atoms with Crippen molar-refractivity contribution >= 4 is 17.6 Å². The highest BCUT2D eigenvalue weighted by molar-refractivity contribution is 5.96. The molecule has 2 aromatic rings. The second kappa shape index (κ2) is 7.44.